The molecule has 4 rings (SSSR count). The van der Waals surface area contributed by atoms with E-state index in [4.69, 9.17) is 5.11 Å². The fourth-order valence-electron chi connectivity index (χ4n) is 5.10. The van der Waals surface area contributed by atoms with Gasteiger partial charge in [-0.05, 0) is 49.4 Å². The number of aromatic carboxylic acids is 1. The SMILES string of the molecule is O=C(NC1CC2CC1C1CCCC21)c1nc[nH]c1C(=O)O. The number of rotatable bonds is 3. The number of fused-ring (bicyclic) bond motifs is 5. The van der Waals surface area contributed by atoms with Crippen molar-refractivity contribution in [1.82, 2.24) is 15.3 Å². The molecule has 0 saturated heterocycles. The molecule has 5 unspecified atom stereocenters. The van der Waals surface area contributed by atoms with Gasteiger partial charge in [-0.2, -0.15) is 0 Å². The van der Waals surface area contributed by atoms with Crippen LogP contribution in [0, 0.1) is 23.7 Å². The molecule has 1 aromatic rings. The number of carbonyl (C=O) groups excluding carboxylic acids is 1. The number of H-pyrrole nitrogens is 1. The number of carboxylic acid groups (broad SMARTS) is 1. The average Bonchev–Trinajstić information content (AvgIpc) is 3.19. The van der Waals surface area contributed by atoms with Crippen LogP contribution in [0.15, 0.2) is 6.33 Å². The van der Waals surface area contributed by atoms with Gasteiger partial charge in [0.05, 0.1) is 6.33 Å². The molecular weight excluding hydrogens is 270 g/mol. The molecule has 0 radical (unpaired) electrons. The van der Waals surface area contributed by atoms with Crippen LogP contribution in [0.5, 0.6) is 0 Å². The molecule has 6 nitrogen and oxygen atoms in total. The molecule has 21 heavy (non-hydrogen) atoms. The van der Waals surface area contributed by atoms with E-state index in [9.17, 15) is 9.59 Å². The van der Waals surface area contributed by atoms with Crippen molar-refractivity contribution in [2.45, 2.75) is 38.1 Å². The van der Waals surface area contributed by atoms with Crippen LogP contribution >= 0.6 is 0 Å². The molecule has 1 aromatic heterocycles. The topological polar surface area (TPSA) is 95.1 Å². The Morgan fingerprint density at radius 1 is 1.24 bits per heavy atom. The molecule has 3 fully saturated rings. The lowest BCUT2D eigenvalue weighted by molar-refractivity contribution is 0.0683. The Bertz CT molecular complexity index is 597. The summed E-state index contributed by atoms with van der Waals surface area (Å²) >= 11 is 0. The predicted molar refractivity (Wildman–Crippen MR) is 73.8 cm³/mol. The standard InChI is InChI=1S/C15H19N3O3/c19-14(12-13(15(20)21)17-6-16-12)18-11-5-7-4-10(11)9-3-1-2-8(7)9/h6-11H,1-5H2,(H,16,17)(H,18,19)(H,20,21). The van der Waals surface area contributed by atoms with Crippen LogP contribution < -0.4 is 5.32 Å². The summed E-state index contributed by atoms with van der Waals surface area (Å²) in [6.45, 7) is 0. The first kappa shape index (κ1) is 12.9. The van der Waals surface area contributed by atoms with E-state index in [1.165, 1.54) is 32.0 Å². The Hall–Kier alpha value is -1.85. The Kier molecular flexibility index (Phi) is 2.80. The molecule has 5 atom stereocenters. The van der Waals surface area contributed by atoms with Crippen LogP contribution in [0.3, 0.4) is 0 Å². The lowest BCUT2D eigenvalue weighted by Crippen LogP contribution is -2.43. The number of carbonyl (C=O) groups is 2. The molecule has 6 heteroatoms. The second-order valence-electron chi connectivity index (χ2n) is 6.67. The second kappa shape index (κ2) is 4.58. The molecule has 112 valence electrons. The van der Waals surface area contributed by atoms with E-state index in [0.29, 0.717) is 5.92 Å². The minimum absolute atomic E-state index is 0.00625. The van der Waals surface area contributed by atoms with Gasteiger partial charge in [-0.3, -0.25) is 4.79 Å². The zero-order valence-electron chi connectivity index (χ0n) is 11.7. The number of hydrogen-bond donors (Lipinski definition) is 3. The zero-order valence-corrected chi connectivity index (χ0v) is 11.7. The summed E-state index contributed by atoms with van der Waals surface area (Å²) in [6, 6.07) is 0.195. The molecule has 3 N–H and O–H groups in total. The molecule has 1 heterocycles. The van der Waals surface area contributed by atoms with Crippen molar-refractivity contribution in [3.8, 4) is 0 Å². The highest BCUT2D eigenvalue weighted by Crippen LogP contribution is 2.58. The number of imidazole rings is 1. The smallest absolute Gasteiger partial charge is 0.354 e. The van der Waals surface area contributed by atoms with Crippen molar-refractivity contribution in [3.05, 3.63) is 17.7 Å². The van der Waals surface area contributed by atoms with Gasteiger partial charge in [0, 0.05) is 6.04 Å². The lowest BCUT2D eigenvalue weighted by Gasteiger charge is -2.31. The minimum Gasteiger partial charge on any atom is -0.477 e. The van der Waals surface area contributed by atoms with Gasteiger partial charge in [0.15, 0.2) is 11.4 Å². The minimum atomic E-state index is -1.15. The molecule has 3 aliphatic carbocycles. The number of aromatic amines is 1. The summed E-state index contributed by atoms with van der Waals surface area (Å²) in [4.78, 5) is 29.7. The highest BCUT2D eigenvalue weighted by atomic mass is 16.4. The molecule has 0 aliphatic heterocycles. The van der Waals surface area contributed by atoms with E-state index in [-0.39, 0.29) is 23.3 Å². The number of carboxylic acids is 1. The predicted octanol–water partition coefficient (Wildman–Crippen LogP) is 1.66. The van der Waals surface area contributed by atoms with Crippen molar-refractivity contribution in [1.29, 1.82) is 0 Å². The van der Waals surface area contributed by atoms with Gasteiger partial charge in [0.25, 0.3) is 5.91 Å². The van der Waals surface area contributed by atoms with E-state index in [1.807, 2.05) is 0 Å². The van der Waals surface area contributed by atoms with Crippen LogP contribution in [-0.2, 0) is 0 Å². The lowest BCUT2D eigenvalue weighted by atomic mass is 9.79. The fourth-order valence-corrected chi connectivity index (χ4v) is 5.10. The van der Waals surface area contributed by atoms with E-state index < -0.39 is 5.97 Å². The highest BCUT2D eigenvalue weighted by molar-refractivity contribution is 6.02. The Balaban J connectivity index is 1.48. The van der Waals surface area contributed by atoms with Gasteiger partial charge in [-0.25, -0.2) is 9.78 Å². The number of amides is 1. The first-order valence-electron chi connectivity index (χ1n) is 7.72. The third kappa shape index (κ3) is 1.88. The van der Waals surface area contributed by atoms with Crippen LogP contribution in [0.2, 0.25) is 0 Å². The number of hydrogen-bond acceptors (Lipinski definition) is 3. The number of aromatic nitrogens is 2. The normalized spacial score (nSPS) is 36.7. The molecular formula is C15H19N3O3. The van der Waals surface area contributed by atoms with Crippen molar-refractivity contribution in [2.24, 2.45) is 23.7 Å². The van der Waals surface area contributed by atoms with Crippen LogP contribution in [0.4, 0.5) is 0 Å². The van der Waals surface area contributed by atoms with E-state index >= 15 is 0 Å². The molecule has 3 aliphatic rings. The maximum Gasteiger partial charge on any atom is 0.354 e. The maximum atomic E-state index is 12.3. The van der Waals surface area contributed by atoms with Gasteiger partial charge in [0.2, 0.25) is 0 Å². The third-order valence-corrected chi connectivity index (χ3v) is 5.81. The first-order chi connectivity index (χ1) is 10.1. The van der Waals surface area contributed by atoms with Gasteiger partial charge in [0.1, 0.15) is 0 Å². The molecule has 3 saturated carbocycles. The summed E-state index contributed by atoms with van der Waals surface area (Å²) in [5.41, 5.74) is -0.136. The molecule has 1 amide bonds. The van der Waals surface area contributed by atoms with E-state index in [0.717, 1.165) is 24.2 Å². The summed E-state index contributed by atoms with van der Waals surface area (Å²) in [5.74, 6) is 1.47. The Morgan fingerprint density at radius 3 is 2.86 bits per heavy atom. The summed E-state index contributed by atoms with van der Waals surface area (Å²) in [6.07, 6.45) is 7.50. The van der Waals surface area contributed by atoms with E-state index in [2.05, 4.69) is 15.3 Å². The fraction of sp³-hybridized carbons (Fsp3) is 0.667. The first-order valence-corrected chi connectivity index (χ1v) is 7.72. The van der Waals surface area contributed by atoms with Crippen LogP contribution in [0.1, 0.15) is 53.1 Å². The molecule has 0 aromatic carbocycles. The molecule has 0 spiro atoms. The summed E-state index contributed by atoms with van der Waals surface area (Å²) in [7, 11) is 0. The quantitative estimate of drug-likeness (QED) is 0.788. The van der Waals surface area contributed by atoms with Crippen molar-refractivity contribution in [2.75, 3.05) is 0 Å². The monoisotopic (exact) mass is 289 g/mol. The number of nitrogens with one attached hydrogen (secondary N) is 2. The van der Waals surface area contributed by atoms with Crippen LogP contribution in [-0.4, -0.2) is 33.0 Å². The summed E-state index contributed by atoms with van der Waals surface area (Å²) in [5, 5.41) is 12.1. The molecule has 2 bridgehead atoms. The second-order valence-corrected chi connectivity index (χ2v) is 6.67. The Morgan fingerprint density at radius 2 is 2.05 bits per heavy atom. The van der Waals surface area contributed by atoms with Gasteiger partial charge in [-0.15, -0.1) is 0 Å². The van der Waals surface area contributed by atoms with Crippen molar-refractivity contribution >= 4 is 11.9 Å². The van der Waals surface area contributed by atoms with Crippen LogP contribution in [0.25, 0.3) is 0 Å². The zero-order chi connectivity index (χ0) is 14.6. The Labute approximate surface area is 122 Å². The van der Waals surface area contributed by atoms with Gasteiger partial charge < -0.3 is 15.4 Å². The maximum absolute atomic E-state index is 12.3. The van der Waals surface area contributed by atoms with E-state index in [1.54, 1.807) is 0 Å². The third-order valence-electron chi connectivity index (χ3n) is 5.81. The van der Waals surface area contributed by atoms with Crippen molar-refractivity contribution < 1.29 is 14.7 Å². The van der Waals surface area contributed by atoms with Crippen molar-refractivity contribution in [3.63, 3.8) is 0 Å². The highest BCUT2D eigenvalue weighted by Gasteiger charge is 2.54. The number of nitrogens with zero attached hydrogens (tertiary/aromatic N) is 1. The average molecular weight is 289 g/mol. The largest absolute Gasteiger partial charge is 0.477 e. The van der Waals surface area contributed by atoms with Gasteiger partial charge in [-0.1, -0.05) is 6.42 Å². The summed E-state index contributed by atoms with van der Waals surface area (Å²) < 4.78 is 0. The van der Waals surface area contributed by atoms with Gasteiger partial charge >= 0.3 is 5.97 Å².